The lowest BCUT2D eigenvalue weighted by molar-refractivity contribution is -0.131. The van der Waals surface area contributed by atoms with Crippen LogP contribution in [0.25, 0.3) is 11.0 Å². The van der Waals surface area contributed by atoms with Gasteiger partial charge >= 0.3 is 0 Å². The highest BCUT2D eigenvalue weighted by atomic mass is 16.2. The molecule has 1 fully saturated rings. The second-order valence-electron chi connectivity index (χ2n) is 7.30. The van der Waals surface area contributed by atoms with E-state index in [1.165, 1.54) is 11.1 Å². The summed E-state index contributed by atoms with van der Waals surface area (Å²) < 4.78 is 2.35. The Bertz CT molecular complexity index is 916. The molecule has 4 nitrogen and oxygen atoms in total. The summed E-state index contributed by atoms with van der Waals surface area (Å²) in [6, 6.07) is 19.1. The number of imidazole rings is 1. The van der Waals surface area contributed by atoms with Crippen LogP contribution < -0.4 is 0 Å². The summed E-state index contributed by atoms with van der Waals surface area (Å²) in [5, 5.41) is 0. The lowest BCUT2D eigenvalue weighted by Gasteiger charge is -2.25. The van der Waals surface area contributed by atoms with E-state index in [9.17, 15) is 4.79 Å². The molecule has 0 aliphatic carbocycles. The van der Waals surface area contributed by atoms with Crippen molar-refractivity contribution in [2.45, 2.75) is 51.6 Å². The number of nitrogens with zero attached hydrogens (tertiary/aromatic N) is 3. The number of hydrogen-bond acceptors (Lipinski definition) is 2. The number of aryl methyl sites for hydroxylation is 2. The molecule has 2 aromatic carbocycles. The van der Waals surface area contributed by atoms with Gasteiger partial charge in [-0.25, -0.2) is 4.98 Å². The standard InChI is InChI=1S/C23H27N3O/c1-2-22(27)25-16-9-15-21(25)23-24-19-13-6-7-14-20(19)26(23)17-8-12-18-10-4-3-5-11-18/h3-7,10-11,13-14,21H,2,8-9,12,15-17H2,1H3/t21-/m0/s1. The predicted molar refractivity (Wildman–Crippen MR) is 108 cm³/mol. The Balaban J connectivity index is 1.62. The van der Waals surface area contributed by atoms with Crippen molar-refractivity contribution in [1.82, 2.24) is 14.5 Å². The summed E-state index contributed by atoms with van der Waals surface area (Å²) in [5.41, 5.74) is 3.58. The summed E-state index contributed by atoms with van der Waals surface area (Å²) >= 11 is 0. The van der Waals surface area contributed by atoms with Crippen LogP contribution in [0.15, 0.2) is 54.6 Å². The van der Waals surface area contributed by atoms with Crippen molar-refractivity contribution in [2.75, 3.05) is 6.54 Å². The lowest BCUT2D eigenvalue weighted by Crippen LogP contribution is -2.31. The summed E-state index contributed by atoms with van der Waals surface area (Å²) in [4.78, 5) is 19.4. The Morgan fingerprint density at radius 3 is 2.70 bits per heavy atom. The Labute approximate surface area is 160 Å². The van der Waals surface area contributed by atoms with Gasteiger partial charge in [0.05, 0.1) is 17.1 Å². The average Bonchev–Trinajstić information content (AvgIpc) is 3.33. The highest BCUT2D eigenvalue weighted by Crippen LogP contribution is 2.34. The number of para-hydroxylation sites is 2. The van der Waals surface area contributed by atoms with Crippen LogP contribution in [0.1, 0.15) is 50.0 Å². The van der Waals surface area contributed by atoms with Gasteiger partial charge in [-0.05, 0) is 43.4 Å². The van der Waals surface area contributed by atoms with Crippen LogP contribution in [-0.4, -0.2) is 26.9 Å². The Hall–Kier alpha value is -2.62. The minimum atomic E-state index is 0.113. The quantitative estimate of drug-likeness (QED) is 0.636. The summed E-state index contributed by atoms with van der Waals surface area (Å²) in [6.45, 7) is 3.72. The first kappa shape index (κ1) is 17.8. The zero-order valence-corrected chi connectivity index (χ0v) is 16.0. The van der Waals surface area contributed by atoms with E-state index in [0.717, 1.165) is 50.1 Å². The molecule has 4 heteroatoms. The number of carbonyl (C=O) groups excluding carboxylic acids is 1. The topological polar surface area (TPSA) is 38.1 Å². The van der Waals surface area contributed by atoms with Gasteiger partial charge in [0.1, 0.15) is 5.82 Å². The smallest absolute Gasteiger partial charge is 0.222 e. The monoisotopic (exact) mass is 361 g/mol. The van der Waals surface area contributed by atoms with Gasteiger partial charge in [0.2, 0.25) is 5.91 Å². The number of benzene rings is 2. The molecule has 1 aromatic heterocycles. The van der Waals surface area contributed by atoms with Crippen molar-refractivity contribution in [2.24, 2.45) is 0 Å². The molecule has 0 bridgehead atoms. The molecular formula is C23H27N3O. The zero-order chi connectivity index (χ0) is 18.6. The third-order valence-corrected chi connectivity index (χ3v) is 5.55. The van der Waals surface area contributed by atoms with Crippen LogP contribution in [0, 0.1) is 0 Å². The van der Waals surface area contributed by atoms with Gasteiger partial charge in [-0.15, -0.1) is 0 Å². The van der Waals surface area contributed by atoms with Gasteiger partial charge in [-0.3, -0.25) is 4.79 Å². The minimum Gasteiger partial charge on any atom is -0.333 e. The Morgan fingerprint density at radius 1 is 1.11 bits per heavy atom. The number of likely N-dealkylation sites (tertiary alicyclic amines) is 1. The van der Waals surface area contributed by atoms with Crippen molar-refractivity contribution < 1.29 is 4.79 Å². The van der Waals surface area contributed by atoms with Crippen LogP contribution in [0.3, 0.4) is 0 Å². The van der Waals surface area contributed by atoms with Crippen molar-refractivity contribution in [3.63, 3.8) is 0 Å². The van der Waals surface area contributed by atoms with Crippen LogP contribution >= 0.6 is 0 Å². The molecule has 0 unspecified atom stereocenters. The molecule has 1 saturated heterocycles. The number of fused-ring (bicyclic) bond motifs is 1. The molecule has 3 aromatic rings. The normalized spacial score (nSPS) is 16.9. The van der Waals surface area contributed by atoms with E-state index in [2.05, 4.69) is 53.1 Å². The minimum absolute atomic E-state index is 0.113. The molecule has 0 N–H and O–H groups in total. The SMILES string of the molecule is CCC(=O)N1CCC[C@H]1c1nc2ccccc2n1CCCc1ccccc1. The highest BCUT2D eigenvalue weighted by Gasteiger charge is 2.32. The predicted octanol–water partition coefficient (Wildman–Crippen LogP) is 4.74. The van der Waals surface area contributed by atoms with E-state index in [4.69, 9.17) is 4.98 Å². The molecule has 27 heavy (non-hydrogen) atoms. The number of rotatable bonds is 6. The van der Waals surface area contributed by atoms with Gasteiger partial charge < -0.3 is 9.47 Å². The second kappa shape index (κ2) is 7.95. The fraction of sp³-hybridized carbons (Fsp3) is 0.391. The molecule has 1 aliphatic heterocycles. The van der Waals surface area contributed by atoms with E-state index in [1.54, 1.807) is 0 Å². The maximum absolute atomic E-state index is 12.4. The fourth-order valence-electron chi connectivity index (χ4n) is 4.21. The van der Waals surface area contributed by atoms with Crippen LogP contribution in [-0.2, 0) is 17.8 Å². The molecule has 1 aliphatic rings. The van der Waals surface area contributed by atoms with E-state index >= 15 is 0 Å². The third-order valence-electron chi connectivity index (χ3n) is 5.55. The van der Waals surface area contributed by atoms with E-state index in [-0.39, 0.29) is 11.9 Å². The van der Waals surface area contributed by atoms with Crippen molar-refractivity contribution in [3.05, 3.63) is 66.0 Å². The second-order valence-corrected chi connectivity index (χ2v) is 7.30. The van der Waals surface area contributed by atoms with Gasteiger partial charge in [0.25, 0.3) is 0 Å². The first-order valence-corrected chi connectivity index (χ1v) is 10.1. The average molecular weight is 361 g/mol. The molecule has 2 heterocycles. The van der Waals surface area contributed by atoms with E-state index in [1.807, 2.05) is 17.9 Å². The van der Waals surface area contributed by atoms with Crippen molar-refractivity contribution in [1.29, 1.82) is 0 Å². The largest absolute Gasteiger partial charge is 0.333 e. The number of amides is 1. The Kier molecular flexibility index (Phi) is 5.23. The molecular weight excluding hydrogens is 334 g/mol. The third kappa shape index (κ3) is 3.61. The molecule has 0 spiro atoms. The maximum Gasteiger partial charge on any atom is 0.222 e. The molecule has 1 atom stereocenters. The first-order valence-electron chi connectivity index (χ1n) is 10.1. The van der Waals surface area contributed by atoms with Crippen molar-refractivity contribution in [3.8, 4) is 0 Å². The van der Waals surface area contributed by atoms with Crippen LogP contribution in [0.5, 0.6) is 0 Å². The Morgan fingerprint density at radius 2 is 1.89 bits per heavy atom. The molecule has 0 radical (unpaired) electrons. The number of aromatic nitrogens is 2. The first-order chi connectivity index (χ1) is 13.3. The molecule has 0 saturated carbocycles. The van der Waals surface area contributed by atoms with Gasteiger partial charge in [-0.2, -0.15) is 0 Å². The molecule has 4 rings (SSSR count). The van der Waals surface area contributed by atoms with Crippen LogP contribution in [0.4, 0.5) is 0 Å². The van der Waals surface area contributed by atoms with Gasteiger partial charge in [0.15, 0.2) is 0 Å². The highest BCUT2D eigenvalue weighted by molar-refractivity contribution is 5.78. The number of hydrogen-bond donors (Lipinski definition) is 0. The zero-order valence-electron chi connectivity index (χ0n) is 16.0. The van der Waals surface area contributed by atoms with E-state index < -0.39 is 0 Å². The van der Waals surface area contributed by atoms with Crippen molar-refractivity contribution >= 4 is 16.9 Å². The van der Waals surface area contributed by atoms with E-state index in [0.29, 0.717) is 6.42 Å². The lowest BCUT2D eigenvalue weighted by atomic mass is 10.1. The summed E-state index contributed by atoms with van der Waals surface area (Å²) in [7, 11) is 0. The van der Waals surface area contributed by atoms with Gasteiger partial charge in [0, 0.05) is 19.5 Å². The van der Waals surface area contributed by atoms with Gasteiger partial charge in [-0.1, -0.05) is 49.4 Å². The molecule has 140 valence electrons. The van der Waals surface area contributed by atoms with Crippen LogP contribution in [0.2, 0.25) is 0 Å². The maximum atomic E-state index is 12.4. The number of carbonyl (C=O) groups is 1. The molecule has 1 amide bonds. The fourth-order valence-corrected chi connectivity index (χ4v) is 4.21. The summed E-state index contributed by atoms with van der Waals surface area (Å²) in [6.07, 6.45) is 4.74. The summed E-state index contributed by atoms with van der Waals surface area (Å²) in [5.74, 6) is 1.30.